The van der Waals surface area contributed by atoms with Crippen molar-refractivity contribution in [2.75, 3.05) is 31.6 Å². The predicted octanol–water partition coefficient (Wildman–Crippen LogP) is 1.91. The number of nitrogens with one attached hydrogen (secondary N) is 1. The first-order valence-electron chi connectivity index (χ1n) is 8.46. The van der Waals surface area contributed by atoms with Crippen LogP contribution in [0.5, 0.6) is 0 Å². The van der Waals surface area contributed by atoms with Crippen molar-refractivity contribution < 1.29 is 14.5 Å². The molecule has 0 aliphatic carbocycles. The van der Waals surface area contributed by atoms with Crippen LogP contribution in [0.2, 0.25) is 0 Å². The SMILES string of the molecule is O=C1Nc2ccc([N+](=O)[O-])cc2C1c1ccc(CN2CCOCC2)cn1. The standard InChI is InChI=1S/C18H18N4O4/c23-18-17(14-9-13(22(24)25)2-4-15(14)20-18)16-3-1-12(10-19-16)11-21-5-7-26-8-6-21/h1-4,9-10,17H,5-8,11H2,(H,20,23). The first-order chi connectivity index (χ1) is 12.6. The number of hydrogen-bond acceptors (Lipinski definition) is 6. The van der Waals surface area contributed by atoms with Crippen LogP contribution in [-0.2, 0) is 16.1 Å². The van der Waals surface area contributed by atoms with E-state index >= 15 is 0 Å². The minimum atomic E-state index is -0.623. The summed E-state index contributed by atoms with van der Waals surface area (Å²) in [7, 11) is 0. The smallest absolute Gasteiger partial charge is 0.269 e. The van der Waals surface area contributed by atoms with Gasteiger partial charge in [-0.2, -0.15) is 0 Å². The van der Waals surface area contributed by atoms with Gasteiger partial charge in [-0.15, -0.1) is 0 Å². The largest absolute Gasteiger partial charge is 0.379 e. The van der Waals surface area contributed by atoms with Gasteiger partial charge in [0.05, 0.1) is 23.8 Å². The predicted molar refractivity (Wildman–Crippen MR) is 93.9 cm³/mol. The summed E-state index contributed by atoms with van der Waals surface area (Å²) in [6.45, 7) is 4.05. The van der Waals surface area contributed by atoms with Crippen LogP contribution in [0, 0.1) is 10.1 Å². The minimum Gasteiger partial charge on any atom is -0.379 e. The van der Waals surface area contributed by atoms with Crippen LogP contribution in [0.25, 0.3) is 0 Å². The van der Waals surface area contributed by atoms with E-state index in [9.17, 15) is 14.9 Å². The normalized spacial score (nSPS) is 19.8. The number of benzene rings is 1. The van der Waals surface area contributed by atoms with Crippen molar-refractivity contribution in [3.8, 4) is 0 Å². The molecule has 1 aromatic heterocycles. The van der Waals surface area contributed by atoms with Crippen LogP contribution in [0.1, 0.15) is 22.7 Å². The molecule has 1 saturated heterocycles. The van der Waals surface area contributed by atoms with Crippen molar-refractivity contribution in [2.45, 2.75) is 12.5 Å². The van der Waals surface area contributed by atoms with Crippen molar-refractivity contribution in [1.82, 2.24) is 9.88 Å². The molecule has 2 aromatic rings. The molecule has 1 atom stereocenters. The van der Waals surface area contributed by atoms with Crippen LogP contribution in [0.4, 0.5) is 11.4 Å². The van der Waals surface area contributed by atoms with E-state index in [1.54, 1.807) is 12.3 Å². The first kappa shape index (κ1) is 16.6. The Kier molecular flexibility index (Phi) is 4.36. The zero-order valence-electron chi connectivity index (χ0n) is 14.1. The summed E-state index contributed by atoms with van der Waals surface area (Å²) < 4.78 is 5.35. The third-order valence-corrected chi connectivity index (χ3v) is 4.73. The zero-order valence-corrected chi connectivity index (χ0v) is 14.1. The molecule has 2 aliphatic heterocycles. The van der Waals surface area contributed by atoms with Crippen molar-refractivity contribution in [1.29, 1.82) is 0 Å². The molecule has 2 aliphatic rings. The summed E-state index contributed by atoms with van der Waals surface area (Å²) in [6.07, 6.45) is 1.77. The number of nitro benzene ring substituents is 1. The summed E-state index contributed by atoms with van der Waals surface area (Å²) in [5, 5.41) is 13.8. The van der Waals surface area contributed by atoms with Crippen molar-refractivity contribution in [3.63, 3.8) is 0 Å². The fourth-order valence-corrected chi connectivity index (χ4v) is 3.37. The average Bonchev–Trinajstić information content (AvgIpc) is 2.98. The zero-order chi connectivity index (χ0) is 18.1. The highest BCUT2D eigenvalue weighted by Gasteiger charge is 2.34. The molecule has 26 heavy (non-hydrogen) atoms. The van der Waals surface area contributed by atoms with E-state index in [4.69, 9.17) is 4.74 Å². The van der Waals surface area contributed by atoms with Gasteiger partial charge in [0.25, 0.3) is 5.69 Å². The number of carbonyl (C=O) groups is 1. The topological polar surface area (TPSA) is 97.6 Å². The highest BCUT2D eigenvalue weighted by Crippen LogP contribution is 2.38. The molecule has 8 heteroatoms. The number of anilines is 1. The molecule has 1 fully saturated rings. The molecule has 1 N–H and O–H groups in total. The Hall–Kier alpha value is -2.84. The van der Waals surface area contributed by atoms with Gasteiger partial charge in [-0.3, -0.25) is 24.8 Å². The van der Waals surface area contributed by atoms with Gasteiger partial charge in [-0.05, 0) is 17.7 Å². The molecule has 1 amide bonds. The summed E-state index contributed by atoms with van der Waals surface area (Å²) >= 11 is 0. The summed E-state index contributed by atoms with van der Waals surface area (Å²) in [4.78, 5) is 29.7. The minimum absolute atomic E-state index is 0.0332. The summed E-state index contributed by atoms with van der Waals surface area (Å²) in [6, 6.07) is 8.19. The summed E-state index contributed by atoms with van der Waals surface area (Å²) in [5.41, 5.74) is 2.82. The monoisotopic (exact) mass is 354 g/mol. The second-order valence-corrected chi connectivity index (χ2v) is 6.43. The third kappa shape index (κ3) is 3.16. The number of fused-ring (bicyclic) bond motifs is 1. The second kappa shape index (κ2) is 6.81. The maximum Gasteiger partial charge on any atom is 0.269 e. The van der Waals surface area contributed by atoms with Crippen molar-refractivity contribution in [3.05, 3.63) is 63.5 Å². The van der Waals surface area contributed by atoms with E-state index in [1.807, 2.05) is 12.1 Å². The number of pyridine rings is 1. The van der Waals surface area contributed by atoms with Gasteiger partial charge >= 0.3 is 0 Å². The number of nitrogens with zero attached hydrogens (tertiary/aromatic N) is 3. The maximum absolute atomic E-state index is 12.4. The summed E-state index contributed by atoms with van der Waals surface area (Å²) in [5.74, 6) is -0.837. The number of hydrogen-bond donors (Lipinski definition) is 1. The van der Waals surface area contributed by atoms with Gasteiger partial charge in [0.15, 0.2) is 0 Å². The number of amides is 1. The lowest BCUT2D eigenvalue weighted by Gasteiger charge is -2.26. The fraction of sp³-hybridized carbons (Fsp3) is 0.333. The molecule has 3 heterocycles. The van der Waals surface area contributed by atoms with E-state index in [-0.39, 0.29) is 11.6 Å². The van der Waals surface area contributed by atoms with E-state index in [2.05, 4.69) is 15.2 Å². The van der Waals surface area contributed by atoms with E-state index in [0.717, 1.165) is 38.4 Å². The quantitative estimate of drug-likeness (QED) is 0.665. The first-order valence-corrected chi connectivity index (χ1v) is 8.46. The van der Waals surface area contributed by atoms with E-state index in [0.29, 0.717) is 16.9 Å². The van der Waals surface area contributed by atoms with Crippen molar-refractivity contribution in [2.24, 2.45) is 0 Å². The van der Waals surface area contributed by atoms with Gasteiger partial charge in [-0.25, -0.2) is 0 Å². The number of morpholine rings is 1. The number of non-ortho nitro benzene ring substituents is 1. The lowest BCUT2D eigenvalue weighted by molar-refractivity contribution is -0.384. The lowest BCUT2D eigenvalue weighted by atomic mass is 9.96. The third-order valence-electron chi connectivity index (χ3n) is 4.73. The van der Waals surface area contributed by atoms with Crippen LogP contribution in [-0.4, -0.2) is 47.0 Å². The maximum atomic E-state index is 12.4. The molecule has 1 unspecified atom stereocenters. The molecular weight excluding hydrogens is 336 g/mol. The van der Waals surface area contributed by atoms with E-state index < -0.39 is 10.8 Å². The van der Waals surface area contributed by atoms with E-state index in [1.165, 1.54) is 12.1 Å². The Balaban J connectivity index is 1.57. The Labute approximate surface area is 149 Å². The molecule has 134 valence electrons. The number of carbonyl (C=O) groups excluding carboxylic acids is 1. The molecule has 4 rings (SSSR count). The van der Waals surface area contributed by atoms with Crippen LogP contribution >= 0.6 is 0 Å². The highest BCUT2D eigenvalue weighted by atomic mass is 16.6. The van der Waals surface area contributed by atoms with Gasteiger partial charge in [0.1, 0.15) is 5.92 Å². The Morgan fingerprint density at radius 1 is 1.27 bits per heavy atom. The second-order valence-electron chi connectivity index (χ2n) is 6.43. The van der Waals surface area contributed by atoms with Gasteiger partial charge in [0, 0.05) is 49.2 Å². The molecule has 0 bridgehead atoms. The Bertz CT molecular complexity index is 847. The fourth-order valence-electron chi connectivity index (χ4n) is 3.37. The number of nitro groups is 1. The molecule has 0 saturated carbocycles. The molecule has 8 nitrogen and oxygen atoms in total. The number of aromatic nitrogens is 1. The van der Waals surface area contributed by atoms with Crippen molar-refractivity contribution >= 4 is 17.3 Å². The molecule has 0 spiro atoms. The Morgan fingerprint density at radius 2 is 2.08 bits per heavy atom. The van der Waals surface area contributed by atoms with Crippen LogP contribution in [0.15, 0.2) is 36.5 Å². The molecule has 1 aromatic carbocycles. The molecule has 0 radical (unpaired) electrons. The lowest BCUT2D eigenvalue weighted by Crippen LogP contribution is -2.35. The molecular formula is C18H18N4O4. The highest BCUT2D eigenvalue weighted by molar-refractivity contribution is 6.05. The van der Waals surface area contributed by atoms with Crippen LogP contribution in [0.3, 0.4) is 0 Å². The average molecular weight is 354 g/mol. The number of ether oxygens (including phenoxy) is 1. The van der Waals surface area contributed by atoms with Gasteiger partial charge in [0.2, 0.25) is 5.91 Å². The number of rotatable bonds is 4. The van der Waals surface area contributed by atoms with Gasteiger partial charge < -0.3 is 10.1 Å². The van der Waals surface area contributed by atoms with Gasteiger partial charge in [-0.1, -0.05) is 6.07 Å². The van der Waals surface area contributed by atoms with Crippen LogP contribution < -0.4 is 5.32 Å². The Morgan fingerprint density at radius 3 is 2.77 bits per heavy atom.